The van der Waals surface area contributed by atoms with Gasteiger partial charge in [-0.2, -0.15) is 0 Å². The normalized spacial score (nSPS) is 30.6. The Kier molecular flexibility index (Phi) is 5.27. The van der Waals surface area contributed by atoms with Gasteiger partial charge in [-0.25, -0.2) is 0 Å². The van der Waals surface area contributed by atoms with Gasteiger partial charge in [0.2, 0.25) is 0 Å². The average Bonchev–Trinajstić information content (AvgIpc) is 2.89. The third kappa shape index (κ3) is 3.32. The lowest BCUT2D eigenvalue weighted by Gasteiger charge is -2.50. The second kappa shape index (κ2) is 6.55. The van der Waals surface area contributed by atoms with E-state index in [1.807, 2.05) is 7.11 Å². The predicted octanol–water partition coefficient (Wildman–Crippen LogP) is 2.65. The average molecular weight is 268 g/mol. The van der Waals surface area contributed by atoms with Crippen molar-refractivity contribution in [2.24, 2.45) is 5.92 Å². The van der Waals surface area contributed by atoms with Crippen molar-refractivity contribution in [2.75, 3.05) is 26.7 Å². The summed E-state index contributed by atoms with van der Waals surface area (Å²) >= 11 is 0. The van der Waals surface area contributed by atoms with E-state index in [0.29, 0.717) is 17.7 Å². The molecule has 1 N–H and O–H groups in total. The number of hydrogen-bond donors (Lipinski definition) is 1. The molecule has 1 saturated carbocycles. The van der Waals surface area contributed by atoms with Crippen molar-refractivity contribution in [3.63, 3.8) is 0 Å². The van der Waals surface area contributed by atoms with Crippen LogP contribution in [0.1, 0.15) is 52.9 Å². The maximum absolute atomic E-state index is 5.52. The molecule has 0 aromatic heterocycles. The van der Waals surface area contributed by atoms with E-state index in [4.69, 9.17) is 4.74 Å². The van der Waals surface area contributed by atoms with Crippen molar-refractivity contribution < 1.29 is 4.74 Å². The van der Waals surface area contributed by atoms with E-state index in [1.54, 1.807) is 0 Å². The third-order valence-electron chi connectivity index (χ3n) is 5.53. The highest BCUT2D eigenvalue weighted by Crippen LogP contribution is 2.37. The minimum atomic E-state index is 0.341. The van der Waals surface area contributed by atoms with Crippen molar-refractivity contribution in [2.45, 2.75) is 70.6 Å². The Labute approximate surface area is 119 Å². The van der Waals surface area contributed by atoms with Crippen LogP contribution >= 0.6 is 0 Å². The Balaban J connectivity index is 2.05. The molecule has 1 aliphatic carbocycles. The second-order valence-corrected chi connectivity index (χ2v) is 6.76. The molecule has 2 aliphatic rings. The lowest BCUT2D eigenvalue weighted by atomic mass is 9.87. The molecule has 3 heteroatoms. The van der Waals surface area contributed by atoms with Crippen molar-refractivity contribution >= 4 is 0 Å². The molecular weight excluding hydrogens is 236 g/mol. The van der Waals surface area contributed by atoms with Crippen LogP contribution in [-0.4, -0.2) is 49.3 Å². The first-order valence-electron chi connectivity index (χ1n) is 8.12. The summed E-state index contributed by atoms with van der Waals surface area (Å²) in [7, 11) is 1.83. The maximum atomic E-state index is 5.52. The quantitative estimate of drug-likeness (QED) is 0.829. The third-order valence-corrected chi connectivity index (χ3v) is 5.53. The summed E-state index contributed by atoms with van der Waals surface area (Å²) in [6.45, 7) is 10.3. The molecule has 1 spiro atoms. The van der Waals surface area contributed by atoms with Crippen LogP contribution in [0.5, 0.6) is 0 Å². The fraction of sp³-hybridized carbons (Fsp3) is 1.00. The summed E-state index contributed by atoms with van der Waals surface area (Å²) in [4.78, 5) is 2.75. The van der Waals surface area contributed by atoms with Gasteiger partial charge in [-0.3, -0.25) is 4.90 Å². The number of hydrogen-bond acceptors (Lipinski definition) is 3. The van der Waals surface area contributed by atoms with E-state index in [2.05, 4.69) is 31.0 Å². The first kappa shape index (κ1) is 15.3. The molecule has 2 rings (SSSR count). The van der Waals surface area contributed by atoms with Crippen LogP contribution in [0.3, 0.4) is 0 Å². The zero-order valence-corrected chi connectivity index (χ0v) is 13.2. The highest BCUT2D eigenvalue weighted by molar-refractivity contribution is 5.02. The lowest BCUT2D eigenvalue weighted by molar-refractivity contribution is -0.0120. The topological polar surface area (TPSA) is 24.5 Å². The molecule has 19 heavy (non-hydrogen) atoms. The summed E-state index contributed by atoms with van der Waals surface area (Å²) in [5.41, 5.74) is 0.427. The van der Waals surface area contributed by atoms with Crippen molar-refractivity contribution in [3.05, 3.63) is 0 Å². The molecule has 3 atom stereocenters. The van der Waals surface area contributed by atoms with Gasteiger partial charge in [0.05, 0.1) is 6.10 Å². The number of rotatable bonds is 5. The van der Waals surface area contributed by atoms with Crippen molar-refractivity contribution in [3.8, 4) is 0 Å². The van der Waals surface area contributed by atoms with Crippen LogP contribution in [0.2, 0.25) is 0 Å². The number of ether oxygens (including phenoxy) is 1. The van der Waals surface area contributed by atoms with E-state index < -0.39 is 0 Å². The van der Waals surface area contributed by atoms with Gasteiger partial charge in [-0.15, -0.1) is 0 Å². The maximum Gasteiger partial charge on any atom is 0.0670 e. The van der Waals surface area contributed by atoms with Crippen LogP contribution in [0.15, 0.2) is 0 Å². The van der Waals surface area contributed by atoms with Crippen molar-refractivity contribution in [1.82, 2.24) is 10.2 Å². The number of nitrogens with one attached hydrogen (secondary N) is 1. The highest BCUT2D eigenvalue weighted by Gasteiger charge is 2.44. The molecule has 1 saturated heterocycles. The molecule has 112 valence electrons. The van der Waals surface area contributed by atoms with Crippen LogP contribution in [-0.2, 0) is 4.74 Å². The van der Waals surface area contributed by atoms with E-state index in [1.165, 1.54) is 45.2 Å². The largest absolute Gasteiger partial charge is 0.380 e. The summed E-state index contributed by atoms with van der Waals surface area (Å²) < 4.78 is 5.52. The molecule has 0 aromatic rings. The molecule has 1 aliphatic heterocycles. The Morgan fingerprint density at radius 1 is 1.32 bits per heavy atom. The predicted molar refractivity (Wildman–Crippen MR) is 80.5 cm³/mol. The zero-order valence-electron chi connectivity index (χ0n) is 13.2. The van der Waals surface area contributed by atoms with Gasteiger partial charge >= 0.3 is 0 Å². The number of methoxy groups -OCH3 is 1. The first-order valence-corrected chi connectivity index (χ1v) is 8.12. The molecule has 3 unspecified atom stereocenters. The van der Waals surface area contributed by atoms with E-state index in [9.17, 15) is 0 Å². The second-order valence-electron chi connectivity index (χ2n) is 6.76. The molecule has 3 nitrogen and oxygen atoms in total. The lowest BCUT2D eigenvalue weighted by Crippen LogP contribution is -2.65. The molecule has 0 bridgehead atoms. The van der Waals surface area contributed by atoms with Gasteiger partial charge in [0, 0.05) is 38.3 Å². The van der Waals surface area contributed by atoms with E-state index in [-0.39, 0.29) is 0 Å². The Hall–Kier alpha value is -0.120. The van der Waals surface area contributed by atoms with E-state index in [0.717, 1.165) is 12.5 Å². The van der Waals surface area contributed by atoms with Crippen LogP contribution in [0.4, 0.5) is 0 Å². The van der Waals surface area contributed by atoms with Crippen LogP contribution < -0.4 is 5.32 Å². The molecule has 2 fully saturated rings. The minimum absolute atomic E-state index is 0.341. The zero-order chi connectivity index (χ0) is 13.9. The molecular formula is C16H32N2O. The summed E-state index contributed by atoms with van der Waals surface area (Å²) in [6, 6.07) is 0.653. The van der Waals surface area contributed by atoms with Crippen LogP contribution in [0.25, 0.3) is 0 Å². The van der Waals surface area contributed by atoms with Crippen LogP contribution in [0, 0.1) is 5.92 Å². The monoisotopic (exact) mass is 268 g/mol. The molecule has 0 aromatic carbocycles. The van der Waals surface area contributed by atoms with Gasteiger partial charge < -0.3 is 10.1 Å². The van der Waals surface area contributed by atoms with Gasteiger partial charge in [-0.05, 0) is 25.7 Å². The number of piperazine rings is 1. The fourth-order valence-corrected chi connectivity index (χ4v) is 3.77. The van der Waals surface area contributed by atoms with E-state index >= 15 is 0 Å². The number of nitrogens with zero attached hydrogens (tertiary/aromatic N) is 1. The Morgan fingerprint density at radius 3 is 2.58 bits per heavy atom. The molecule has 0 radical (unpaired) electrons. The van der Waals surface area contributed by atoms with Crippen molar-refractivity contribution in [1.29, 1.82) is 0 Å². The van der Waals surface area contributed by atoms with Gasteiger partial charge in [0.1, 0.15) is 0 Å². The smallest absolute Gasteiger partial charge is 0.0670 e. The first-order chi connectivity index (χ1) is 9.11. The van der Waals surface area contributed by atoms with Gasteiger partial charge in [0.15, 0.2) is 0 Å². The molecule has 1 heterocycles. The Bertz CT molecular complexity index is 276. The standard InChI is InChI=1S/C16H32N2O/c1-5-13(2)15-11-18(10-14(3)19-4)16(12-17-15)8-6-7-9-16/h13-15,17H,5-12H2,1-4H3. The van der Waals surface area contributed by atoms with Gasteiger partial charge in [-0.1, -0.05) is 33.1 Å². The summed E-state index contributed by atoms with van der Waals surface area (Å²) in [5.74, 6) is 0.763. The summed E-state index contributed by atoms with van der Waals surface area (Å²) in [5, 5.41) is 3.84. The summed E-state index contributed by atoms with van der Waals surface area (Å²) in [6.07, 6.45) is 7.13. The minimum Gasteiger partial charge on any atom is -0.380 e. The SMILES string of the molecule is CCC(C)C1CN(CC(C)OC)C2(CCCC2)CN1. The molecule has 0 amide bonds. The van der Waals surface area contributed by atoms with Gasteiger partial charge in [0.25, 0.3) is 0 Å². The Morgan fingerprint density at radius 2 is 2.00 bits per heavy atom. The highest BCUT2D eigenvalue weighted by atomic mass is 16.5. The fourth-order valence-electron chi connectivity index (χ4n) is 3.77.